The minimum atomic E-state index is 0.428. The van der Waals surface area contributed by atoms with E-state index in [2.05, 4.69) is 50.7 Å². The summed E-state index contributed by atoms with van der Waals surface area (Å²) in [6.45, 7) is 2.19. The number of nitrogens with zero attached hydrogens (tertiary/aromatic N) is 4. The lowest BCUT2D eigenvalue weighted by atomic mass is 10.0. The SMILES string of the molecule is COc1nc(NC2CCN(C)CC2)ccc1Nc1ncc2cccc(-c3ccccc3)c2n1. The molecule has 5 rings (SSSR count). The van der Waals surface area contributed by atoms with Crippen LogP contribution in [0.1, 0.15) is 12.8 Å². The van der Waals surface area contributed by atoms with Gasteiger partial charge >= 0.3 is 0 Å². The molecule has 1 fully saturated rings. The normalized spacial score (nSPS) is 14.8. The third-order valence-electron chi connectivity index (χ3n) is 6.07. The van der Waals surface area contributed by atoms with Crippen molar-refractivity contribution < 1.29 is 4.74 Å². The van der Waals surface area contributed by atoms with Crippen LogP contribution in [0, 0.1) is 0 Å². The van der Waals surface area contributed by atoms with E-state index in [1.165, 1.54) is 0 Å². The number of ether oxygens (including phenoxy) is 1. The molecular formula is C26H28N6O. The lowest BCUT2D eigenvalue weighted by Crippen LogP contribution is -2.36. The number of nitrogens with one attached hydrogen (secondary N) is 2. The molecule has 0 unspecified atom stereocenters. The lowest BCUT2D eigenvalue weighted by molar-refractivity contribution is 0.263. The molecule has 2 N–H and O–H groups in total. The average Bonchev–Trinajstić information content (AvgIpc) is 2.86. The topological polar surface area (TPSA) is 75.2 Å². The highest BCUT2D eigenvalue weighted by molar-refractivity contribution is 5.93. The first-order chi connectivity index (χ1) is 16.2. The second-order valence-electron chi connectivity index (χ2n) is 8.40. The van der Waals surface area contributed by atoms with Crippen molar-refractivity contribution in [1.82, 2.24) is 19.9 Å². The van der Waals surface area contributed by atoms with Gasteiger partial charge in [-0.15, -0.1) is 0 Å². The van der Waals surface area contributed by atoms with Crippen molar-refractivity contribution in [3.63, 3.8) is 0 Å². The number of pyridine rings is 1. The summed E-state index contributed by atoms with van der Waals surface area (Å²) in [5, 5.41) is 7.82. The van der Waals surface area contributed by atoms with Gasteiger partial charge in [0, 0.05) is 23.2 Å². The van der Waals surface area contributed by atoms with Crippen LogP contribution in [0.4, 0.5) is 17.5 Å². The van der Waals surface area contributed by atoms with Gasteiger partial charge in [0.2, 0.25) is 11.8 Å². The van der Waals surface area contributed by atoms with Crippen molar-refractivity contribution >= 4 is 28.4 Å². The van der Waals surface area contributed by atoms with Gasteiger partial charge in [-0.3, -0.25) is 0 Å². The number of rotatable bonds is 6. The van der Waals surface area contributed by atoms with Gasteiger partial charge < -0.3 is 20.3 Å². The van der Waals surface area contributed by atoms with E-state index >= 15 is 0 Å². The van der Waals surface area contributed by atoms with Gasteiger partial charge in [-0.25, -0.2) is 9.97 Å². The first-order valence-electron chi connectivity index (χ1n) is 11.3. The Hall–Kier alpha value is -3.71. The minimum absolute atomic E-state index is 0.428. The molecule has 0 bridgehead atoms. The molecule has 2 aromatic heterocycles. The maximum atomic E-state index is 5.57. The molecule has 168 valence electrons. The Balaban J connectivity index is 1.40. The number of methoxy groups -OCH3 is 1. The zero-order chi connectivity index (χ0) is 22.6. The van der Waals surface area contributed by atoms with Gasteiger partial charge in [0.25, 0.3) is 0 Å². The predicted molar refractivity (Wildman–Crippen MR) is 133 cm³/mol. The molecular weight excluding hydrogens is 412 g/mol. The van der Waals surface area contributed by atoms with Crippen molar-refractivity contribution in [2.24, 2.45) is 0 Å². The fourth-order valence-electron chi connectivity index (χ4n) is 4.22. The molecule has 0 amide bonds. The Bertz CT molecular complexity index is 1240. The van der Waals surface area contributed by atoms with Gasteiger partial charge in [-0.05, 0) is 50.7 Å². The fourth-order valence-corrected chi connectivity index (χ4v) is 4.22. The van der Waals surface area contributed by atoms with Crippen LogP contribution in [-0.4, -0.2) is 53.1 Å². The highest BCUT2D eigenvalue weighted by atomic mass is 16.5. The van der Waals surface area contributed by atoms with Gasteiger partial charge in [0.1, 0.15) is 11.5 Å². The third kappa shape index (κ3) is 4.73. The van der Waals surface area contributed by atoms with E-state index in [-0.39, 0.29) is 0 Å². The standard InChI is InChI=1S/C26H28N6O/c1-32-15-13-20(14-16-32)28-23-12-11-22(25(30-23)33-2)29-26-27-17-19-9-6-10-21(24(19)31-26)18-7-4-3-5-8-18/h3-12,17,20H,13-16H2,1-2H3,(H,28,30)(H,27,29,31). The van der Waals surface area contributed by atoms with Crippen molar-refractivity contribution in [3.8, 4) is 17.0 Å². The van der Waals surface area contributed by atoms with E-state index in [1.54, 1.807) is 7.11 Å². The van der Waals surface area contributed by atoms with Crippen molar-refractivity contribution in [1.29, 1.82) is 0 Å². The van der Waals surface area contributed by atoms with E-state index in [4.69, 9.17) is 9.72 Å². The molecule has 7 nitrogen and oxygen atoms in total. The molecule has 4 aromatic rings. The van der Waals surface area contributed by atoms with Crippen LogP contribution in [0.3, 0.4) is 0 Å². The van der Waals surface area contributed by atoms with Crippen LogP contribution in [0.25, 0.3) is 22.0 Å². The van der Waals surface area contributed by atoms with E-state index in [0.29, 0.717) is 17.9 Å². The van der Waals surface area contributed by atoms with Crippen LogP contribution in [-0.2, 0) is 0 Å². The number of anilines is 3. The lowest BCUT2D eigenvalue weighted by Gasteiger charge is -2.29. The van der Waals surface area contributed by atoms with E-state index in [9.17, 15) is 0 Å². The summed E-state index contributed by atoms with van der Waals surface area (Å²) in [4.78, 5) is 16.3. The molecule has 7 heteroatoms. The molecule has 1 saturated heterocycles. The number of para-hydroxylation sites is 1. The molecule has 0 radical (unpaired) electrons. The van der Waals surface area contributed by atoms with E-state index in [1.807, 2.05) is 48.7 Å². The van der Waals surface area contributed by atoms with Crippen molar-refractivity contribution in [2.75, 3.05) is 37.9 Å². The highest BCUT2D eigenvalue weighted by Crippen LogP contribution is 2.30. The Kier molecular flexibility index (Phi) is 6.04. The molecule has 33 heavy (non-hydrogen) atoms. The second-order valence-corrected chi connectivity index (χ2v) is 8.40. The first-order valence-corrected chi connectivity index (χ1v) is 11.3. The monoisotopic (exact) mass is 440 g/mol. The molecule has 1 aliphatic rings. The zero-order valence-electron chi connectivity index (χ0n) is 19.0. The van der Waals surface area contributed by atoms with Crippen molar-refractivity contribution in [3.05, 3.63) is 66.9 Å². The third-order valence-corrected chi connectivity index (χ3v) is 6.07. The van der Waals surface area contributed by atoms with Crippen LogP contribution >= 0.6 is 0 Å². The average molecular weight is 441 g/mol. The number of benzene rings is 2. The van der Waals surface area contributed by atoms with E-state index < -0.39 is 0 Å². The number of fused-ring (bicyclic) bond motifs is 1. The Morgan fingerprint density at radius 2 is 1.76 bits per heavy atom. The maximum absolute atomic E-state index is 5.57. The van der Waals surface area contributed by atoms with Gasteiger partial charge in [0.15, 0.2) is 0 Å². The molecule has 2 aromatic carbocycles. The summed E-state index contributed by atoms with van der Waals surface area (Å²) in [6, 6.07) is 20.8. The zero-order valence-corrected chi connectivity index (χ0v) is 19.0. The quantitative estimate of drug-likeness (QED) is 0.439. The number of piperidine rings is 1. The largest absolute Gasteiger partial charge is 0.479 e. The van der Waals surface area contributed by atoms with Crippen LogP contribution in [0.5, 0.6) is 5.88 Å². The van der Waals surface area contributed by atoms with Crippen molar-refractivity contribution in [2.45, 2.75) is 18.9 Å². The molecule has 0 saturated carbocycles. The Morgan fingerprint density at radius 1 is 0.939 bits per heavy atom. The number of hydrogen-bond acceptors (Lipinski definition) is 7. The molecule has 3 heterocycles. The fraction of sp³-hybridized carbons (Fsp3) is 0.269. The van der Waals surface area contributed by atoms with Gasteiger partial charge in [0.05, 0.1) is 12.6 Å². The molecule has 1 aliphatic heterocycles. The summed E-state index contributed by atoms with van der Waals surface area (Å²) in [6.07, 6.45) is 4.05. The Morgan fingerprint density at radius 3 is 2.55 bits per heavy atom. The van der Waals surface area contributed by atoms with Crippen LogP contribution < -0.4 is 15.4 Å². The molecule has 0 spiro atoms. The molecule has 0 atom stereocenters. The number of likely N-dealkylation sites (tertiary alicyclic amines) is 1. The van der Waals surface area contributed by atoms with Gasteiger partial charge in [-0.2, -0.15) is 4.98 Å². The summed E-state index contributed by atoms with van der Waals surface area (Å²) in [5.41, 5.74) is 3.81. The van der Waals surface area contributed by atoms with Gasteiger partial charge in [-0.1, -0.05) is 48.5 Å². The van der Waals surface area contributed by atoms with E-state index in [0.717, 1.165) is 59.5 Å². The number of aromatic nitrogens is 3. The summed E-state index contributed by atoms with van der Waals surface area (Å²) in [7, 11) is 3.79. The minimum Gasteiger partial charge on any atom is -0.479 e. The summed E-state index contributed by atoms with van der Waals surface area (Å²) in [5.74, 6) is 1.83. The number of hydrogen-bond donors (Lipinski definition) is 2. The maximum Gasteiger partial charge on any atom is 0.239 e. The smallest absolute Gasteiger partial charge is 0.239 e. The predicted octanol–water partition coefficient (Wildman–Crippen LogP) is 4.95. The Labute approximate surface area is 193 Å². The highest BCUT2D eigenvalue weighted by Gasteiger charge is 2.18. The molecule has 0 aliphatic carbocycles. The summed E-state index contributed by atoms with van der Waals surface area (Å²) >= 11 is 0. The van der Waals surface area contributed by atoms with Crippen LogP contribution in [0.15, 0.2) is 66.9 Å². The first kappa shape index (κ1) is 21.2. The van der Waals surface area contributed by atoms with Crippen LogP contribution in [0.2, 0.25) is 0 Å². The second kappa shape index (κ2) is 9.42. The summed E-state index contributed by atoms with van der Waals surface area (Å²) < 4.78 is 5.57.